The van der Waals surface area contributed by atoms with E-state index in [9.17, 15) is 14.4 Å². The predicted molar refractivity (Wildman–Crippen MR) is 358 cm³/mol. The van der Waals surface area contributed by atoms with Gasteiger partial charge < -0.3 is 14.2 Å². The molecular weight excluding hydrogens is 1010 g/mol. The quantitative estimate of drug-likeness (QED) is 0.0261. The number of carbonyl (C=O) groups is 3. The lowest BCUT2D eigenvalue weighted by atomic mass is 10.0. The molecule has 1 atom stereocenters. The topological polar surface area (TPSA) is 78.9 Å². The Morgan fingerprint density at radius 1 is 0.232 bits per heavy atom. The van der Waals surface area contributed by atoms with Gasteiger partial charge in [0.15, 0.2) is 6.10 Å². The largest absolute Gasteiger partial charge is 0.462 e. The highest BCUT2D eigenvalue weighted by Gasteiger charge is 2.19. The first kappa shape index (κ1) is 79.6. The molecule has 0 saturated carbocycles. The second kappa shape index (κ2) is 71.1. The van der Waals surface area contributed by atoms with Crippen molar-refractivity contribution in [2.45, 2.75) is 419 Å². The summed E-state index contributed by atoms with van der Waals surface area (Å²) in [6.45, 7) is 6.70. The summed E-state index contributed by atoms with van der Waals surface area (Å²) >= 11 is 0. The van der Waals surface area contributed by atoms with Crippen molar-refractivity contribution >= 4 is 17.9 Å². The van der Waals surface area contributed by atoms with Crippen LogP contribution in [0.25, 0.3) is 0 Å². The van der Waals surface area contributed by atoms with E-state index in [0.29, 0.717) is 19.3 Å². The third-order valence-corrected chi connectivity index (χ3v) is 16.8. The van der Waals surface area contributed by atoms with Gasteiger partial charge in [-0.3, -0.25) is 14.4 Å². The van der Waals surface area contributed by atoms with Gasteiger partial charge in [0.25, 0.3) is 0 Å². The summed E-state index contributed by atoms with van der Waals surface area (Å²) in [5.41, 5.74) is 0. The average molecular weight is 1150 g/mol. The highest BCUT2D eigenvalue weighted by Crippen LogP contribution is 2.18. The molecule has 0 spiro atoms. The minimum absolute atomic E-state index is 0.0705. The van der Waals surface area contributed by atoms with Crippen LogP contribution in [0.2, 0.25) is 0 Å². The number of unbranched alkanes of at least 4 members (excludes halogenated alkanes) is 52. The minimum atomic E-state index is -0.776. The molecule has 0 aromatic rings. The van der Waals surface area contributed by atoms with Gasteiger partial charge in [-0.2, -0.15) is 0 Å². The summed E-state index contributed by atoms with van der Waals surface area (Å²) in [4.78, 5) is 38.5. The lowest BCUT2D eigenvalue weighted by Crippen LogP contribution is -2.30. The molecule has 482 valence electrons. The van der Waals surface area contributed by atoms with Gasteiger partial charge in [0, 0.05) is 19.3 Å². The number of carbonyl (C=O) groups excluding carboxylic acids is 3. The van der Waals surface area contributed by atoms with Crippen molar-refractivity contribution in [2.24, 2.45) is 0 Å². The fourth-order valence-electron chi connectivity index (χ4n) is 11.3. The molecule has 0 aliphatic carbocycles. The van der Waals surface area contributed by atoms with Gasteiger partial charge in [-0.25, -0.2) is 0 Å². The maximum atomic E-state index is 13.0. The zero-order valence-electron chi connectivity index (χ0n) is 55.5. The first-order chi connectivity index (χ1) is 40.5. The minimum Gasteiger partial charge on any atom is -0.462 e. The van der Waals surface area contributed by atoms with Gasteiger partial charge in [-0.05, 0) is 96.3 Å². The first-order valence-electron chi connectivity index (χ1n) is 37.0. The second-order valence-electron chi connectivity index (χ2n) is 25.2. The Bertz CT molecular complexity index is 1370. The molecule has 0 radical (unpaired) electrons. The van der Waals surface area contributed by atoms with E-state index < -0.39 is 6.10 Å². The summed E-state index contributed by atoms with van der Waals surface area (Å²) in [7, 11) is 0. The number of hydrogen-bond acceptors (Lipinski definition) is 6. The van der Waals surface area contributed by atoms with Crippen LogP contribution in [-0.4, -0.2) is 37.2 Å². The summed E-state index contributed by atoms with van der Waals surface area (Å²) in [5, 5.41) is 0. The first-order valence-corrected chi connectivity index (χ1v) is 37.0. The molecule has 0 aromatic heterocycles. The Morgan fingerprint density at radius 3 is 0.610 bits per heavy atom. The van der Waals surface area contributed by atoms with E-state index in [1.807, 2.05) is 0 Å². The third kappa shape index (κ3) is 68.4. The molecule has 82 heavy (non-hydrogen) atoms. The van der Waals surface area contributed by atoms with Crippen molar-refractivity contribution in [3.8, 4) is 0 Å². The van der Waals surface area contributed by atoms with Gasteiger partial charge in [0.1, 0.15) is 13.2 Å². The molecule has 1 unspecified atom stereocenters. The molecule has 0 amide bonds. The van der Waals surface area contributed by atoms with E-state index in [1.54, 1.807) is 0 Å². The van der Waals surface area contributed by atoms with Crippen LogP contribution >= 0.6 is 0 Å². The van der Waals surface area contributed by atoms with Crippen molar-refractivity contribution in [3.05, 3.63) is 36.5 Å². The molecular formula is C76H142O6. The number of hydrogen-bond donors (Lipinski definition) is 0. The van der Waals surface area contributed by atoms with E-state index in [2.05, 4.69) is 57.2 Å². The van der Waals surface area contributed by atoms with Crippen LogP contribution in [0.4, 0.5) is 0 Å². The van der Waals surface area contributed by atoms with Crippen LogP contribution in [0.15, 0.2) is 36.5 Å². The van der Waals surface area contributed by atoms with E-state index >= 15 is 0 Å². The van der Waals surface area contributed by atoms with Crippen molar-refractivity contribution in [2.75, 3.05) is 13.2 Å². The average Bonchev–Trinajstić information content (AvgIpc) is 3.47. The van der Waals surface area contributed by atoms with Crippen molar-refractivity contribution < 1.29 is 28.6 Å². The van der Waals surface area contributed by atoms with Gasteiger partial charge >= 0.3 is 17.9 Å². The van der Waals surface area contributed by atoms with Crippen LogP contribution < -0.4 is 0 Å². The smallest absolute Gasteiger partial charge is 0.306 e. The maximum absolute atomic E-state index is 13.0. The highest BCUT2D eigenvalue weighted by molar-refractivity contribution is 5.71. The fourth-order valence-corrected chi connectivity index (χ4v) is 11.3. The number of rotatable bonds is 69. The van der Waals surface area contributed by atoms with E-state index in [4.69, 9.17) is 14.2 Å². The Morgan fingerprint density at radius 2 is 0.402 bits per heavy atom. The van der Waals surface area contributed by atoms with Gasteiger partial charge in [0.05, 0.1) is 0 Å². The van der Waals surface area contributed by atoms with Crippen LogP contribution in [0.5, 0.6) is 0 Å². The SMILES string of the molecule is CCCCCCC/C=C\CCCCCCCC(=O)OCC(COC(=O)CCCCCCCCCCCCCCCCC/C=C\CCCCCCCCCC)OC(=O)CCCCCCCCCCCCC/C=C\CCCCCCCCCC. The summed E-state index contributed by atoms with van der Waals surface area (Å²) in [6.07, 6.45) is 89.0. The lowest BCUT2D eigenvalue weighted by molar-refractivity contribution is -0.167. The van der Waals surface area contributed by atoms with Crippen LogP contribution in [-0.2, 0) is 28.6 Å². The number of ether oxygens (including phenoxy) is 3. The van der Waals surface area contributed by atoms with Crippen molar-refractivity contribution in [1.29, 1.82) is 0 Å². The zero-order valence-corrected chi connectivity index (χ0v) is 55.5. The molecule has 6 nitrogen and oxygen atoms in total. The normalized spacial score (nSPS) is 12.2. The molecule has 0 rings (SSSR count). The molecule has 0 aliphatic heterocycles. The molecule has 0 bridgehead atoms. The standard InChI is InChI=1S/C76H142O6/c1-4-7-10-13-16-19-22-25-28-30-32-34-36-37-38-39-41-42-44-46-48-51-54-57-60-63-66-69-75(78)81-72-73(71-80-74(77)68-65-62-59-56-53-50-27-24-21-18-15-12-9-6-3)82-76(79)70-67-64-61-58-55-52-49-47-45-43-40-35-33-31-29-26-23-20-17-14-11-8-5-2/h24,27,30-33,73H,4-23,25-26,28-29,34-72H2,1-3H3/b27-24-,32-30-,33-31-. The Labute approximate surface area is 512 Å². The van der Waals surface area contributed by atoms with Crippen LogP contribution in [0.1, 0.15) is 412 Å². The summed E-state index contributed by atoms with van der Waals surface area (Å²) in [5.74, 6) is -0.850. The lowest BCUT2D eigenvalue weighted by Gasteiger charge is -2.18. The summed E-state index contributed by atoms with van der Waals surface area (Å²) < 4.78 is 17.0. The van der Waals surface area contributed by atoms with Crippen molar-refractivity contribution in [3.63, 3.8) is 0 Å². The second-order valence-corrected chi connectivity index (χ2v) is 25.2. The monoisotopic (exact) mass is 1150 g/mol. The Hall–Kier alpha value is -2.37. The number of allylic oxidation sites excluding steroid dienone is 6. The molecule has 0 fully saturated rings. The Kier molecular flexibility index (Phi) is 69.1. The third-order valence-electron chi connectivity index (χ3n) is 16.8. The van der Waals surface area contributed by atoms with Gasteiger partial charge in [-0.15, -0.1) is 0 Å². The highest BCUT2D eigenvalue weighted by atomic mass is 16.6. The van der Waals surface area contributed by atoms with E-state index in [-0.39, 0.29) is 31.1 Å². The molecule has 0 aromatic carbocycles. The zero-order chi connectivity index (χ0) is 59.2. The van der Waals surface area contributed by atoms with Crippen LogP contribution in [0.3, 0.4) is 0 Å². The molecule has 6 heteroatoms. The van der Waals surface area contributed by atoms with E-state index in [0.717, 1.165) is 64.2 Å². The summed E-state index contributed by atoms with van der Waals surface area (Å²) in [6, 6.07) is 0. The van der Waals surface area contributed by atoms with Gasteiger partial charge in [0.2, 0.25) is 0 Å². The maximum Gasteiger partial charge on any atom is 0.306 e. The predicted octanol–water partition coefficient (Wildman–Crippen LogP) is 25.5. The Balaban J connectivity index is 4.23. The fraction of sp³-hybridized carbons (Fsp3) is 0.882. The number of esters is 3. The van der Waals surface area contributed by atoms with Crippen LogP contribution in [0, 0.1) is 0 Å². The van der Waals surface area contributed by atoms with Crippen molar-refractivity contribution in [1.82, 2.24) is 0 Å². The molecule has 0 saturated heterocycles. The van der Waals surface area contributed by atoms with Gasteiger partial charge in [-0.1, -0.05) is 333 Å². The van der Waals surface area contributed by atoms with E-state index in [1.165, 1.54) is 308 Å². The molecule has 0 heterocycles. The molecule has 0 aliphatic rings. The molecule has 0 N–H and O–H groups in total.